The third kappa shape index (κ3) is 10.6. The van der Waals surface area contributed by atoms with Crippen LogP contribution in [0.4, 0.5) is 22.7 Å². The zero-order chi connectivity index (χ0) is 46.6. The highest BCUT2D eigenvalue weighted by molar-refractivity contribution is 6.04. The molecule has 6 aromatic rings. The summed E-state index contributed by atoms with van der Waals surface area (Å²) in [6.45, 7) is 34.8. The molecule has 0 unspecified atom stereocenters. The lowest BCUT2D eigenvalue weighted by atomic mass is 9.85. The molecule has 0 amide bonds. The van der Waals surface area contributed by atoms with E-state index in [0.29, 0.717) is 0 Å². The zero-order valence-corrected chi connectivity index (χ0v) is 41.2. The topological polar surface area (TPSA) is 75.2 Å². The highest BCUT2D eigenvalue weighted by atomic mass is 14.9. The average Bonchev–Trinajstić information content (AvgIpc) is 3.25. The summed E-state index contributed by atoms with van der Waals surface area (Å²) in [5.74, 6) is 0.975. The van der Waals surface area contributed by atoms with E-state index >= 15 is 0 Å². The first-order chi connectivity index (χ1) is 30.3. The monoisotopic (exact) mass is 849 g/mol. The van der Waals surface area contributed by atoms with Gasteiger partial charge in [0.15, 0.2) is 0 Å². The van der Waals surface area contributed by atoms with Crippen molar-refractivity contribution in [1.82, 2.24) is 9.97 Å². The van der Waals surface area contributed by atoms with Crippen LogP contribution in [0.5, 0.6) is 0 Å². The number of aliphatic imine (C=N–C) groups is 4. The number of aryl methyl sites for hydroxylation is 4. The lowest BCUT2D eigenvalue weighted by Gasteiger charge is -2.23. The maximum absolute atomic E-state index is 5.41. The van der Waals surface area contributed by atoms with Crippen LogP contribution in [-0.4, -0.2) is 32.8 Å². The van der Waals surface area contributed by atoms with Crippen molar-refractivity contribution in [1.29, 1.82) is 0 Å². The molecule has 2 aromatic heterocycles. The van der Waals surface area contributed by atoms with Crippen LogP contribution in [0.3, 0.4) is 0 Å². The Balaban J connectivity index is 1.41. The fourth-order valence-corrected chi connectivity index (χ4v) is 8.25. The molecule has 0 saturated heterocycles. The standard InChI is InChI=1S/C58H68N6/c1-33(2)47-29-45(30-48(34(3)4)57(47)61-43(15)53-27-19-25-51(63-53)41(13)59-55-37(9)21-17-22-38(55)10)46-31-49(35(5)6)58(50(32-46)36(7)8)62-44(16)54-28-20-26-52(64-54)42(14)60-56-39(11)23-18-24-40(56)12/h17-36H,1-16H3. The number of hydrogen-bond donors (Lipinski definition) is 0. The largest absolute Gasteiger partial charge is 0.251 e. The first kappa shape index (κ1) is 47.3. The van der Waals surface area contributed by atoms with Crippen molar-refractivity contribution in [2.45, 2.75) is 134 Å². The molecule has 0 aliphatic rings. The Kier molecular flexibility index (Phi) is 14.9. The quantitative estimate of drug-likeness (QED) is 0.109. The van der Waals surface area contributed by atoms with Gasteiger partial charge in [-0.15, -0.1) is 0 Å². The summed E-state index contributed by atoms with van der Waals surface area (Å²) in [7, 11) is 0. The molecule has 0 aliphatic heterocycles. The smallest absolute Gasteiger partial charge is 0.0849 e. The van der Waals surface area contributed by atoms with Crippen LogP contribution in [0.2, 0.25) is 0 Å². The number of benzene rings is 4. The highest BCUT2D eigenvalue weighted by Gasteiger charge is 2.22. The van der Waals surface area contributed by atoms with Gasteiger partial charge in [0.25, 0.3) is 0 Å². The van der Waals surface area contributed by atoms with Gasteiger partial charge in [0.2, 0.25) is 0 Å². The second-order valence-electron chi connectivity index (χ2n) is 18.7. The van der Waals surface area contributed by atoms with E-state index in [0.717, 1.165) is 90.6 Å². The van der Waals surface area contributed by atoms with Crippen molar-refractivity contribution >= 4 is 45.6 Å². The molecule has 6 nitrogen and oxygen atoms in total. The first-order valence-corrected chi connectivity index (χ1v) is 23.0. The molecular weight excluding hydrogens is 781 g/mol. The van der Waals surface area contributed by atoms with Crippen LogP contribution < -0.4 is 0 Å². The molecule has 0 bridgehead atoms. The van der Waals surface area contributed by atoms with E-state index in [1.54, 1.807) is 0 Å². The predicted molar refractivity (Wildman–Crippen MR) is 276 cm³/mol. The molecule has 2 heterocycles. The lowest BCUT2D eigenvalue weighted by molar-refractivity contribution is 0.831. The molecule has 64 heavy (non-hydrogen) atoms. The molecular formula is C58H68N6. The SMILES string of the molecule is CC(=Nc1c(C)cccc1C)c1cccc(C(C)=Nc2c(C(C)C)cc(-c3cc(C(C)C)c(N=C(C)c4cccc(C(C)=Nc5c(C)cccc5C)n4)c(C(C)C)c3)cc2C(C)C)n1. The van der Waals surface area contributed by atoms with Crippen LogP contribution in [0.25, 0.3) is 11.1 Å². The van der Waals surface area contributed by atoms with E-state index in [1.807, 2.05) is 26.0 Å². The number of aromatic nitrogens is 2. The lowest BCUT2D eigenvalue weighted by Crippen LogP contribution is -2.06. The third-order valence-electron chi connectivity index (χ3n) is 12.1. The van der Waals surface area contributed by atoms with Crippen LogP contribution in [0, 0.1) is 27.7 Å². The Labute approximate surface area is 383 Å². The van der Waals surface area contributed by atoms with Gasteiger partial charge in [0, 0.05) is 0 Å². The van der Waals surface area contributed by atoms with Crippen LogP contribution in [0.15, 0.2) is 117 Å². The Hall–Kier alpha value is -6.14. The van der Waals surface area contributed by atoms with Gasteiger partial charge in [0.1, 0.15) is 0 Å². The molecule has 6 rings (SSSR count). The van der Waals surface area contributed by atoms with E-state index in [2.05, 4.69) is 182 Å². The number of nitrogens with zero attached hydrogens (tertiary/aromatic N) is 6. The Morgan fingerprint density at radius 2 is 0.562 bits per heavy atom. The molecule has 0 fully saturated rings. The second-order valence-corrected chi connectivity index (χ2v) is 18.7. The minimum absolute atomic E-state index is 0.244. The van der Waals surface area contributed by atoms with Crippen molar-refractivity contribution in [2.75, 3.05) is 0 Å². The van der Waals surface area contributed by atoms with E-state index < -0.39 is 0 Å². The van der Waals surface area contributed by atoms with Crippen LogP contribution in [-0.2, 0) is 0 Å². The normalized spacial score (nSPS) is 13.0. The fraction of sp³-hybridized carbons (Fsp3) is 0.345. The summed E-state index contributed by atoms with van der Waals surface area (Å²) in [5, 5.41) is 0. The van der Waals surface area contributed by atoms with Gasteiger partial charge in [0.05, 0.1) is 68.4 Å². The van der Waals surface area contributed by atoms with Crippen LogP contribution in [0.1, 0.15) is 174 Å². The highest BCUT2D eigenvalue weighted by Crippen LogP contribution is 2.43. The predicted octanol–water partition coefficient (Wildman–Crippen LogP) is 16.4. The Morgan fingerprint density at radius 3 is 0.797 bits per heavy atom. The summed E-state index contributed by atoms with van der Waals surface area (Å²) in [6, 6.07) is 34.3. The Bertz CT molecular complexity index is 2520. The van der Waals surface area contributed by atoms with Gasteiger partial charge in [-0.25, -0.2) is 9.97 Å². The van der Waals surface area contributed by atoms with Crippen molar-refractivity contribution < 1.29 is 0 Å². The number of para-hydroxylation sites is 2. The molecule has 0 atom stereocenters. The van der Waals surface area contributed by atoms with Gasteiger partial charge in [-0.05, 0) is 183 Å². The van der Waals surface area contributed by atoms with Gasteiger partial charge >= 0.3 is 0 Å². The van der Waals surface area contributed by atoms with Crippen LogP contribution >= 0.6 is 0 Å². The molecule has 0 saturated carbocycles. The van der Waals surface area contributed by atoms with E-state index in [-0.39, 0.29) is 23.7 Å². The number of pyridine rings is 2. The maximum Gasteiger partial charge on any atom is 0.0849 e. The number of hydrogen-bond acceptors (Lipinski definition) is 6. The maximum atomic E-state index is 5.41. The first-order valence-electron chi connectivity index (χ1n) is 23.0. The van der Waals surface area contributed by atoms with Crippen molar-refractivity contribution in [3.05, 3.63) is 164 Å². The molecule has 4 aromatic carbocycles. The van der Waals surface area contributed by atoms with Crippen molar-refractivity contribution in [3.8, 4) is 11.1 Å². The molecule has 0 aliphatic carbocycles. The minimum atomic E-state index is 0.244. The van der Waals surface area contributed by atoms with E-state index in [1.165, 1.54) is 33.4 Å². The summed E-state index contributed by atoms with van der Waals surface area (Å²) >= 11 is 0. The zero-order valence-electron chi connectivity index (χ0n) is 41.2. The van der Waals surface area contributed by atoms with Gasteiger partial charge in [-0.2, -0.15) is 0 Å². The Morgan fingerprint density at radius 1 is 0.344 bits per heavy atom. The molecule has 0 N–H and O–H groups in total. The van der Waals surface area contributed by atoms with Crippen molar-refractivity contribution in [2.24, 2.45) is 20.0 Å². The summed E-state index contributed by atoms with van der Waals surface area (Å²) in [4.78, 5) is 31.0. The summed E-state index contributed by atoms with van der Waals surface area (Å²) in [5.41, 5.74) is 22.9. The summed E-state index contributed by atoms with van der Waals surface area (Å²) < 4.78 is 0. The third-order valence-corrected chi connectivity index (χ3v) is 12.1. The van der Waals surface area contributed by atoms with E-state index in [9.17, 15) is 0 Å². The van der Waals surface area contributed by atoms with Gasteiger partial charge in [-0.3, -0.25) is 20.0 Å². The fourth-order valence-electron chi connectivity index (χ4n) is 8.25. The molecule has 330 valence electrons. The molecule has 0 spiro atoms. The van der Waals surface area contributed by atoms with Gasteiger partial charge in [-0.1, -0.05) is 104 Å². The second kappa shape index (κ2) is 20.1. The van der Waals surface area contributed by atoms with E-state index in [4.69, 9.17) is 29.9 Å². The van der Waals surface area contributed by atoms with Crippen molar-refractivity contribution in [3.63, 3.8) is 0 Å². The van der Waals surface area contributed by atoms with Gasteiger partial charge < -0.3 is 0 Å². The minimum Gasteiger partial charge on any atom is -0.251 e. The number of rotatable bonds is 13. The summed E-state index contributed by atoms with van der Waals surface area (Å²) in [6.07, 6.45) is 0. The molecule has 0 radical (unpaired) electrons. The molecule has 6 heteroatoms. The average molecular weight is 849 g/mol.